The zero-order chi connectivity index (χ0) is 15.5. The molecular weight excluding hydrogens is 312 g/mol. The summed E-state index contributed by atoms with van der Waals surface area (Å²) >= 11 is 0. The first kappa shape index (κ1) is 16.4. The van der Waals surface area contributed by atoms with Gasteiger partial charge in [0.05, 0.1) is 17.3 Å². The molecule has 1 aliphatic heterocycles. The van der Waals surface area contributed by atoms with Crippen LogP contribution in [0.4, 0.5) is 0 Å². The summed E-state index contributed by atoms with van der Waals surface area (Å²) in [5, 5.41) is 0. The van der Waals surface area contributed by atoms with Crippen LogP contribution in [0, 0.1) is 5.92 Å². The summed E-state index contributed by atoms with van der Waals surface area (Å²) in [6, 6.07) is 7.11. The maximum atomic E-state index is 12.0. The smallest absolute Gasteiger partial charge is 0.215 e. The molecule has 8 heteroatoms. The Balaban J connectivity index is 1.93. The molecule has 0 amide bonds. The van der Waals surface area contributed by atoms with E-state index in [0.717, 1.165) is 5.56 Å². The summed E-state index contributed by atoms with van der Waals surface area (Å²) in [6.45, 7) is 0.541. The average molecular weight is 332 g/mol. The van der Waals surface area contributed by atoms with Crippen LogP contribution in [-0.2, 0) is 32.2 Å². The first-order chi connectivity index (χ1) is 9.80. The normalized spacial score (nSPS) is 21.5. The first-order valence-electron chi connectivity index (χ1n) is 6.75. The van der Waals surface area contributed by atoms with Gasteiger partial charge in [0.2, 0.25) is 10.0 Å². The lowest BCUT2D eigenvalue weighted by molar-refractivity contribution is 0.542. The van der Waals surface area contributed by atoms with Crippen LogP contribution in [0.5, 0.6) is 0 Å². The van der Waals surface area contributed by atoms with Gasteiger partial charge in [0.15, 0.2) is 9.84 Å². The molecule has 0 aromatic heterocycles. The lowest BCUT2D eigenvalue weighted by atomic mass is 10.1. The van der Waals surface area contributed by atoms with Crippen LogP contribution in [0.15, 0.2) is 24.3 Å². The monoisotopic (exact) mass is 332 g/mol. The summed E-state index contributed by atoms with van der Waals surface area (Å²) in [4.78, 5) is 0. The van der Waals surface area contributed by atoms with Crippen molar-refractivity contribution in [2.24, 2.45) is 11.7 Å². The van der Waals surface area contributed by atoms with Gasteiger partial charge in [0.1, 0.15) is 0 Å². The summed E-state index contributed by atoms with van der Waals surface area (Å²) in [5.74, 6) is -0.0312. The second-order valence-electron chi connectivity index (χ2n) is 5.40. The predicted molar refractivity (Wildman–Crippen MR) is 81.7 cm³/mol. The minimum atomic E-state index is -3.47. The number of nitrogens with one attached hydrogen (secondary N) is 1. The highest BCUT2D eigenvalue weighted by atomic mass is 32.2. The van der Waals surface area contributed by atoms with Gasteiger partial charge in [0, 0.05) is 13.1 Å². The molecule has 1 fully saturated rings. The van der Waals surface area contributed by atoms with E-state index in [1.165, 1.54) is 0 Å². The van der Waals surface area contributed by atoms with Crippen molar-refractivity contribution in [1.82, 2.24) is 4.72 Å². The Bertz CT molecular complexity index is 699. The highest BCUT2D eigenvalue weighted by Gasteiger charge is 2.28. The zero-order valence-electron chi connectivity index (χ0n) is 11.7. The minimum Gasteiger partial charge on any atom is -0.326 e. The summed E-state index contributed by atoms with van der Waals surface area (Å²) in [6.07, 6.45) is 0.521. The molecule has 2 rings (SSSR count). The molecule has 6 nitrogen and oxygen atoms in total. The second kappa shape index (κ2) is 6.43. The molecule has 1 atom stereocenters. The van der Waals surface area contributed by atoms with Crippen molar-refractivity contribution in [1.29, 1.82) is 0 Å². The molecule has 0 aliphatic carbocycles. The molecule has 118 valence electrons. The number of nitrogens with two attached hydrogens (primary N) is 1. The standard InChI is InChI=1S/C13H20N2O4S2/c14-7-11-2-1-3-12(6-11)10-21(18,19)15-8-13-4-5-20(16,17)9-13/h1-3,6,13,15H,4-5,7-10,14H2. The quantitative estimate of drug-likeness (QED) is 0.762. The van der Waals surface area contributed by atoms with E-state index in [-0.39, 0.29) is 29.7 Å². The molecule has 0 saturated carbocycles. The molecule has 0 spiro atoms. The number of benzene rings is 1. The summed E-state index contributed by atoms with van der Waals surface area (Å²) < 4.78 is 49.2. The van der Waals surface area contributed by atoms with Crippen molar-refractivity contribution in [3.05, 3.63) is 35.4 Å². The van der Waals surface area contributed by atoms with Gasteiger partial charge in [-0.25, -0.2) is 21.6 Å². The van der Waals surface area contributed by atoms with Crippen molar-refractivity contribution in [3.8, 4) is 0 Å². The van der Waals surface area contributed by atoms with E-state index in [2.05, 4.69) is 4.72 Å². The van der Waals surface area contributed by atoms with Gasteiger partial charge in [0.25, 0.3) is 0 Å². The van der Waals surface area contributed by atoms with Gasteiger partial charge in [-0.3, -0.25) is 0 Å². The van der Waals surface area contributed by atoms with Gasteiger partial charge in [-0.2, -0.15) is 0 Å². The maximum absolute atomic E-state index is 12.0. The fourth-order valence-electron chi connectivity index (χ4n) is 2.39. The van der Waals surface area contributed by atoms with Crippen LogP contribution >= 0.6 is 0 Å². The average Bonchev–Trinajstić information content (AvgIpc) is 2.76. The van der Waals surface area contributed by atoms with Gasteiger partial charge in [-0.1, -0.05) is 24.3 Å². The Labute approximate surface area is 125 Å². The molecule has 1 saturated heterocycles. The van der Waals surface area contributed by atoms with E-state index in [0.29, 0.717) is 18.5 Å². The van der Waals surface area contributed by atoms with Crippen molar-refractivity contribution >= 4 is 19.9 Å². The van der Waals surface area contributed by atoms with Crippen LogP contribution in [0.1, 0.15) is 17.5 Å². The van der Waals surface area contributed by atoms with E-state index >= 15 is 0 Å². The first-order valence-corrected chi connectivity index (χ1v) is 10.2. The Morgan fingerprint density at radius 3 is 2.62 bits per heavy atom. The second-order valence-corrected chi connectivity index (χ2v) is 9.44. The van der Waals surface area contributed by atoms with Crippen molar-refractivity contribution < 1.29 is 16.8 Å². The van der Waals surface area contributed by atoms with Gasteiger partial charge < -0.3 is 5.73 Å². The number of sulfone groups is 1. The number of rotatable bonds is 6. The third kappa shape index (κ3) is 5.06. The topological polar surface area (TPSA) is 106 Å². The fourth-order valence-corrected chi connectivity index (χ4v) is 5.47. The largest absolute Gasteiger partial charge is 0.326 e. The molecular formula is C13H20N2O4S2. The highest BCUT2D eigenvalue weighted by Crippen LogP contribution is 2.18. The zero-order valence-corrected chi connectivity index (χ0v) is 13.3. The molecule has 1 unspecified atom stereocenters. The molecule has 0 bridgehead atoms. The third-order valence-corrected chi connectivity index (χ3v) is 6.66. The van der Waals surface area contributed by atoms with Gasteiger partial charge >= 0.3 is 0 Å². The SMILES string of the molecule is NCc1cccc(CS(=O)(=O)NCC2CCS(=O)(=O)C2)c1. The maximum Gasteiger partial charge on any atom is 0.215 e. The molecule has 3 N–H and O–H groups in total. The van der Waals surface area contributed by atoms with Crippen molar-refractivity contribution in [2.75, 3.05) is 18.1 Å². The molecule has 1 aromatic rings. The molecule has 1 aliphatic rings. The minimum absolute atomic E-state index is 0.0676. The fraction of sp³-hybridized carbons (Fsp3) is 0.538. The van der Waals surface area contributed by atoms with E-state index < -0.39 is 19.9 Å². The van der Waals surface area contributed by atoms with Crippen LogP contribution in [-0.4, -0.2) is 34.9 Å². The van der Waals surface area contributed by atoms with E-state index in [1.54, 1.807) is 18.2 Å². The van der Waals surface area contributed by atoms with Gasteiger partial charge in [-0.15, -0.1) is 0 Å². The van der Waals surface area contributed by atoms with Crippen LogP contribution in [0.2, 0.25) is 0 Å². The Morgan fingerprint density at radius 2 is 2.00 bits per heavy atom. The number of sulfonamides is 1. The third-order valence-electron chi connectivity index (χ3n) is 3.50. The van der Waals surface area contributed by atoms with E-state index in [9.17, 15) is 16.8 Å². The van der Waals surface area contributed by atoms with Gasteiger partial charge in [-0.05, 0) is 23.5 Å². The summed E-state index contributed by atoms with van der Waals surface area (Å²) in [5.41, 5.74) is 7.08. The van der Waals surface area contributed by atoms with Crippen molar-refractivity contribution in [2.45, 2.75) is 18.7 Å². The Hall–Kier alpha value is -0.960. The van der Waals surface area contributed by atoms with Crippen LogP contribution < -0.4 is 10.5 Å². The van der Waals surface area contributed by atoms with E-state index in [1.807, 2.05) is 6.07 Å². The number of hydrogen-bond acceptors (Lipinski definition) is 5. The summed E-state index contributed by atoms with van der Waals surface area (Å²) in [7, 11) is -6.45. The Kier molecular flexibility index (Phi) is 5.03. The Morgan fingerprint density at radius 1 is 1.29 bits per heavy atom. The van der Waals surface area contributed by atoms with E-state index in [4.69, 9.17) is 5.73 Å². The highest BCUT2D eigenvalue weighted by molar-refractivity contribution is 7.91. The van der Waals surface area contributed by atoms with Crippen molar-refractivity contribution in [3.63, 3.8) is 0 Å². The molecule has 1 heterocycles. The number of hydrogen-bond donors (Lipinski definition) is 2. The lowest BCUT2D eigenvalue weighted by Crippen LogP contribution is -2.31. The molecule has 1 aromatic carbocycles. The predicted octanol–water partition coefficient (Wildman–Crippen LogP) is -0.000600. The van der Waals surface area contributed by atoms with Crippen LogP contribution in [0.3, 0.4) is 0 Å². The lowest BCUT2D eigenvalue weighted by Gasteiger charge is -2.11. The molecule has 0 radical (unpaired) electrons. The molecule has 21 heavy (non-hydrogen) atoms. The van der Waals surface area contributed by atoms with Crippen LogP contribution in [0.25, 0.3) is 0 Å².